The van der Waals surface area contributed by atoms with Gasteiger partial charge in [-0.2, -0.15) is 4.31 Å². The number of sulfonamides is 1. The van der Waals surface area contributed by atoms with Crippen molar-refractivity contribution in [2.75, 3.05) is 20.2 Å². The van der Waals surface area contributed by atoms with Gasteiger partial charge >= 0.3 is 0 Å². The van der Waals surface area contributed by atoms with E-state index in [9.17, 15) is 17.6 Å². The Bertz CT molecular complexity index is 930. The first kappa shape index (κ1) is 21.8. The lowest BCUT2D eigenvalue weighted by molar-refractivity contribution is -0.121. The Morgan fingerprint density at radius 2 is 1.86 bits per heavy atom. The molecule has 0 bridgehead atoms. The van der Waals surface area contributed by atoms with Crippen LogP contribution in [0.1, 0.15) is 31.0 Å². The van der Waals surface area contributed by atoms with Gasteiger partial charge in [0.1, 0.15) is 11.6 Å². The highest BCUT2D eigenvalue weighted by Crippen LogP contribution is 2.23. The van der Waals surface area contributed by atoms with Gasteiger partial charge in [0.25, 0.3) is 0 Å². The van der Waals surface area contributed by atoms with Gasteiger partial charge in [0.15, 0.2) is 0 Å². The van der Waals surface area contributed by atoms with Gasteiger partial charge in [-0.3, -0.25) is 4.79 Å². The first-order valence-corrected chi connectivity index (χ1v) is 10.3. The van der Waals surface area contributed by atoms with Crippen LogP contribution in [0.3, 0.4) is 0 Å². The Morgan fingerprint density at radius 1 is 1.21 bits per heavy atom. The third kappa shape index (κ3) is 5.30. The second kappa shape index (κ2) is 9.16. The molecule has 2 aromatic rings. The second-order valence-electron chi connectivity index (χ2n) is 6.46. The zero-order valence-electron chi connectivity index (χ0n) is 16.4. The predicted molar refractivity (Wildman–Crippen MR) is 105 cm³/mol. The second-order valence-corrected chi connectivity index (χ2v) is 8.51. The number of carbonyl (C=O) groups is 1. The number of benzene rings is 2. The van der Waals surface area contributed by atoms with E-state index in [2.05, 4.69) is 5.32 Å². The summed E-state index contributed by atoms with van der Waals surface area (Å²) in [5.74, 6) is -0.195. The van der Waals surface area contributed by atoms with Crippen molar-refractivity contribution in [2.45, 2.75) is 31.7 Å². The average Bonchev–Trinajstić information content (AvgIpc) is 2.63. The Kier molecular flexibility index (Phi) is 7.15. The molecule has 8 heteroatoms. The molecule has 2 aromatic carbocycles. The van der Waals surface area contributed by atoms with Crippen LogP contribution in [0.5, 0.6) is 5.75 Å². The molecule has 0 fully saturated rings. The summed E-state index contributed by atoms with van der Waals surface area (Å²) >= 11 is 0. The number of nitrogens with zero attached hydrogens (tertiary/aromatic N) is 1. The maximum Gasteiger partial charge on any atom is 0.243 e. The van der Waals surface area contributed by atoms with Gasteiger partial charge in [0.2, 0.25) is 15.9 Å². The van der Waals surface area contributed by atoms with Crippen molar-refractivity contribution in [3.05, 3.63) is 59.4 Å². The number of amides is 1. The molecule has 152 valence electrons. The first-order valence-electron chi connectivity index (χ1n) is 8.89. The summed E-state index contributed by atoms with van der Waals surface area (Å²) in [6.07, 6.45) is 0. The smallest absolute Gasteiger partial charge is 0.243 e. The van der Waals surface area contributed by atoms with E-state index in [1.165, 1.54) is 31.3 Å². The Hall–Kier alpha value is -2.45. The third-order valence-corrected chi connectivity index (χ3v) is 6.07. The van der Waals surface area contributed by atoms with E-state index in [1.807, 2.05) is 6.92 Å². The minimum Gasteiger partial charge on any atom is -0.494 e. The highest BCUT2D eigenvalue weighted by atomic mass is 32.2. The van der Waals surface area contributed by atoms with E-state index in [0.717, 1.165) is 9.87 Å². The van der Waals surface area contributed by atoms with Crippen LogP contribution < -0.4 is 10.1 Å². The number of likely N-dealkylation sites (N-methyl/N-ethyl adjacent to an activating group) is 1. The van der Waals surface area contributed by atoms with E-state index in [1.54, 1.807) is 32.0 Å². The zero-order valence-corrected chi connectivity index (χ0v) is 17.2. The van der Waals surface area contributed by atoms with Crippen LogP contribution in [0.4, 0.5) is 4.39 Å². The van der Waals surface area contributed by atoms with Crippen molar-refractivity contribution in [1.82, 2.24) is 9.62 Å². The van der Waals surface area contributed by atoms with Gasteiger partial charge in [-0.25, -0.2) is 12.8 Å². The zero-order chi connectivity index (χ0) is 20.9. The summed E-state index contributed by atoms with van der Waals surface area (Å²) in [6, 6.07) is 9.98. The third-order valence-electron chi connectivity index (χ3n) is 4.27. The minimum atomic E-state index is -3.83. The lowest BCUT2D eigenvalue weighted by Gasteiger charge is -2.20. The summed E-state index contributed by atoms with van der Waals surface area (Å²) in [7, 11) is -2.48. The molecule has 2 rings (SSSR count). The van der Waals surface area contributed by atoms with Crippen molar-refractivity contribution in [3.8, 4) is 5.75 Å². The van der Waals surface area contributed by atoms with Crippen LogP contribution in [-0.2, 0) is 14.8 Å². The molecular weight excluding hydrogens is 383 g/mol. The monoisotopic (exact) mass is 408 g/mol. The summed E-state index contributed by atoms with van der Waals surface area (Å²) in [6.45, 7) is 5.51. The number of hydrogen-bond donors (Lipinski definition) is 1. The topological polar surface area (TPSA) is 75.7 Å². The Morgan fingerprint density at radius 3 is 2.43 bits per heavy atom. The quantitative estimate of drug-likeness (QED) is 0.729. The molecule has 1 atom stereocenters. The van der Waals surface area contributed by atoms with Crippen LogP contribution in [0.15, 0.2) is 47.4 Å². The number of hydrogen-bond acceptors (Lipinski definition) is 4. The Balaban J connectivity index is 2.05. The number of nitrogens with one attached hydrogen (secondary N) is 1. The summed E-state index contributed by atoms with van der Waals surface area (Å²) in [5.41, 5.74) is 1.42. The fourth-order valence-corrected chi connectivity index (χ4v) is 3.90. The van der Waals surface area contributed by atoms with Gasteiger partial charge in [-0.15, -0.1) is 0 Å². The van der Waals surface area contributed by atoms with Gasteiger partial charge in [0, 0.05) is 7.05 Å². The number of ether oxygens (including phenoxy) is 1. The largest absolute Gasteiger partial charge is 0.494 e. The van der Waals surface area contributed by atoms with Crippen molar-refractivity contribution in [3.63, 3.8) is 0 Å². The molecule has 0 saturated heterocycles. The molecule has 0 saturated carbocycles. The number of carbonyl (C=O) groups excluding carboxylic acids is 1. The molecule has 0 heterocycles. The summed E-state index contributed by atoms with van der Waals surface area (Å²) in [4.78, 5) is 12.4. The fourth-order valence-electron chi connectivity index (χ4n) is 2.69. The maximum absolute atomic E-state index is 13.0. The van der Waals surface area contributed by atoms with Crippen LogP contribution >= 0.6 is 0 Å². The van der Waals surface area contributed by atoms with E-state index >= 15 is 0 Å². The fraction of sp³-hybridized carbons (Fsp3) is 0.350. The van der Waals surface area contributed by atoms with Crippen molar-refractivity contribution in [2.24, 2.45) is 0 Å². The van der Waals surface area contributed by atoms with E-state index < -0.39 is 15.9 Å². The number of aryl methyl sites for hydroxylation is 1. The molecule has 1 amide bonds. The molecule has 0 unspecified atom stereocenters. The summed E-state index contributed by atoms with van der Waals surface area (Å²) in [5, 5.41) is 2.72. The molecule has 28 heavy (non-hydrogen) atoms. The maximum atomic E-state index is 13.0. The van der Waals surface area contributed by atoms with E-state index in [4.69, 9.17) is 4.74 Å². The van der Waals surface area contributed by atoms with Crippen molar-refractivity contribution >= 4 is 15.9 Å². The van der Waals surface area contributed by atoms with Gasteiger partial charge in [0.05, 0.1) is 24.1 Å². The van der Waals surface area contributed by atoms with Crippen LogP contribution in [-0.4, -0.2) is 38.8 Å². The molecule has 0 aliphatic carbocycles. The molecule has 1 N–H and O–H groups in total. The minimum absolute atomic E-state index is 0.0929. The SMILES string of the molecule is CCOc1ccc(S(=O)(=O)N(C)CC(=O)N[C@@H](C)c2ccc(F)cc2)cc1C. The molecule has 6 nitrogen and oxygen atoms in total. The highest BCUT2D eigenvalue weighted by Gasteiger charge is 2.24. The summed E-state index contributed by atoms with van der Waals surface area (Å²) < 4.78 is 44.9. The van der Waals surface area contributed by atoms with E-state index in [-0.39, 0.29) is 23.3 Å². The van der Waals surface area contributed by atoms with Crippen LogP contribution in [0, 0.1) is 12.7 Å². The van der Waals surface area contributed by atoms with Gasteiger partial charge in [-0.1, -0.05) is 12.1 Å². The lowest BCUT2D eigenvalue weighted by atomic mass is 10.1. The Labute approximate surface area is 165 Å². The molecule has 0 aliphatic heterocycles. The van der Waals surface area contributed by atoms with Crippen molar-refractivity contribution < 1.29 is 22.3 Å². The van der Waals surface area contributed by atoms with Gasteiger partial charge in [-0.05, 0) is 62.2 Å². The molecule has 0 aromatic heterocycles. The molecule has 0 spiro atoms. The van der Waals surface area contributed by atoms with Gasteiger partial charge < -0.3 is 10.1 Å². The number of rotatable bonds is 8. The average molecular weight is 408 g/mol. The normalized spacial score (nSPS) is 12.6. The van der Waals surface area contributed by atoms with Crippen LogP contribution in [0.2, 0.25) is 0 Å². The molecular formula is C20H25FN2O4S. The number of halogens is 1. The van der Waals surface area contributed by atoms with Crippen molar-refractivity contribution in [1.29, 1.82) is 0 Å². The standard InChI is InChI=1S/C20H25FN2O4S/c1-5-27-19-11-10-18(12-14(19)2)28(25,26)23(4)13-20(24)22-15(3)16-6-8-17(21)9-7-16/h6-12,15H,5,13H2,1-4H3,(H,22,24)/t15-/m0/s1. The van der Waals surface area contributed by atoms with Crippen LogP contribution in [0.25, 0.3) is 0 Å². The predicted octanol–water partition coefficient (Wildman–Crippen LogP) is 3.03. The molecule has 0 aliphatic rings. The molecule has 0 radical (unpaired) electrons. The van der Waals surface area contributed by atoms with E-state index in [0.29, 0.717) is 17.9 Å². The lowest BCUT2D eigenvalue weighted by Crippen LogP contribution is -2.39. The first-order chi connectivity index (χ1) is 13.1. The highest BCUT2D eigenvalue weighted by molar-refractivity contribution is 7.89.